The normalized spacial score (nSPS) is 13.4. The van der Waals surface area contributed by atoms with Crippen LogP contribution in [0.5, 0.6) is 11.5 Å². The molecule has 1 aliphatic rings. The van der Waals surface area contributed by atoms with Crippen molar-refractivity contribution < 1.29 is 9.53 Å². The Morgan fingerprint density at radius 3 is 2.20 bits per heavy atom. The summed E-state index contributed by atoms with van der Waals surface area (Å²) in [5.74, 6) is 1.82. The smallest absolute Gasteiger partial charge is 0.278 e. The number of rotatable bonds is 6. The Labute approximate surface area is 234 Å². The topological polar surface area (TPSA) is 106 Å². The average Bonchev–Trinajstić information content (AvgIpc) is 3.00. The van der Waals surface area contributed by atoms with Crippen molar-refractivity contribution in [3.05, 3.63) is 101 Å². The van der Waals surface area contributed by atoms with Crippen molar-refractivity contribution in [2.45, 2.75) is 6.54 Å². The van der Waals surface area contributed by atoms with E-state index in [1.807, 2.05) is 35.2 Å². The number of amides is 1. The van der Waals surface area contributed by atoms with Crippen molar-refractivity contribution in [1.82, 2.24) is 29.9 Å². The number of nitrogens with zero attached hydrogens (tertiary/aromatic N) is 7. The van der Waals surface area contributed by atoms with Gasteiger partial charge in [-0.1, -0.05) is 35.0 Å². The van der Waals surface area contributed by atoms with Crippen molar-refractivity contribution in [2.24, 2.45) is 0 Å². The third-order valence-electron chi connectivity index (χ3n) is 6.71. The molecule has 0 bridgehead atoms. The number of fused-ring (bicyclic) bond motifs is 1. The third kappa shape index (κ3) is 5.48. The highest BCUT2D eigenvalue weighted by molar-refractivity contribution is 6.30. The fraction of sp³-hybridized carbons (Fsp3) is 0.172. The lowest BCUT2D eigenvalue weighted by Gasteiger charge is -2.34. The van der Waals surface area contributed by atoms with Crippen LogP contribution in [-0.2, 0) is 11.3 Å². The molecular formula is C29H24ClN7O3. The molecule has 1 aliphatic heterocycles. The fourth-order valence-corrected chi connectivity index (χ4v) is 4.68. The third-order valence-corrected chi connectivity index (χ3v) is 6.96. The van der Waals surface area contributed by atoms with Crippen LogP contribution in [-0.4, -0.2) is 61.9 Å². The maximum absolute atomic E-state index is 13.3. The number of ether oxygens (including phenoxy) is 1. The lowest BCUT2D eigenvalue weighted by Crippen LogP contribution is -2.50. The van der Waals surface area contributed by atoms with Gasteiger partial charge in [-0.25, -0.2) is 14.6 Å². The molecule has 3 aromatic carbocycles. The summed E-state index contributed by atoms with van der Waals surface area (Å²) in [5, 5.41) is 9.24. The second-order valence-electron chi connectivity index (χ2n) is 9.28. The molecule has 1 amide bonds. The molecule has 0 spiro atoms. The van der Waals surface area contributed by atoms with Gasteiger partial charge >= 0.3 is 0 Å². The van der Waals surface area contributed by atoms with Gasteiger partial charge in [0.1, 0.15) is 23.6 Å². The van der Waals surface area contributed by atoms with Crippen LogP contribution in [0, 0.1) is 0 Å². The summed E-state index contributed by atoms with van der Waals surface area (Å²) in [5.41, 5.74) is 1.85. The summed E-state index contributed by atoms with van der Waals surface area (Å²) in [4.78, 5) is 38.6. The molecule has 0 radical (unpaired) electrons. The molecule has 10 nitrogen and oxygen atoms in total. The van der Waals surface area contributed by atoms with Gasteiger partial charge in [0, 0.05) is 43.6 Å². The number of carbonyl (C=O) groups is 1. The molecule has 0 atom stereocenters. The number of aromatic nitrogens is 5. The Kier molecular flexibility index (Phi) is 7.07. The molecule has 0 N–H and O–H groups in total. The van der Waals surface area contributed by atoms with Crippen LogP contribution in [0.15, 0.2) is 90.0 Å². The minimum Gasteiger partial charge on any atom is -0.457 e. The molecule has 5 aromatic rings. The highest BCUT2D eigenvalue weighted by Gasteiger charge is 2.23. The van der Waals surface area contributed by atoms with Crippen LogP contribution < -0.4 is 15.2 Å². The van der Waals surface area contributed by atoms with E-state index in [4.69, 9.17) is 16.3 Å². The minimum atomic E-state index is -0.362. The molecule has 0 aliphatic carbocycles. The Hall–Kier alpha value is -4.83. The Morgan fingerprint density at radius 1 is 0.850 bits per heavy atom. The number of benzene rings is 3. The number of carbonyl (C=O) groups excluding carboxylic acids is 1. The molecule has 3 heterocycles. The second-order valence-corrected chi connectivity index (χ2v) is 9.72. The average molecular weight is 554 g/mol. The van der Waals surface area contributed by atoms with E-state index in [-0.39, 0.29) is 18.0 Å². The fourth-order valence-electron chi connectivity index (χ4n) is 4.55. The molecule has 40 heavy (non-hydrogen) atoms. The number of hydrogen-bond donors (Lipinski definition) is 0. The first kappa shape index (κ1) is 25.4. The summed E-state index contributed by atoms with van der Waals surface area (Å²) >= 11 is 5.94. The highest BCUT2D eigenvalue weighted by Crippen LogP contribution is 2.27. The van der Waals surface area contributed by atoms with Gasteiger partial charge < -0.3 is 14.5 Å². The largest absolute Gasteiger partial charge is 0.457 e. The van der Waals surface area contributed by atoms with E-state index in [1.165, 1.54) is 0 Å². The monoisotopic (exact) mass is 553 g/mol. The highest BCUT2D eigenvalue weighted by atomic mass is 35.5. The number of hydrogen-bond acceptors (Lipinski definition) is 8. The van der Waals surface area contributed by atoms with Gasteiger partial charge in [0.25, 0.3) is 5.56 Å². The van der Waals surface area contributed by atoms with E-state index in [2.05, 4.69) is 20.3 Å². The van der Waals surface area contributed by atoms with E-state index >= 15 is 0 Å². The minimum absolute atomic E-state index is 0.176. The van der Waals surface area contributed by atoms with Gasteiger partial charge in [0.05, 0.1) is 5.39 Å². The van der Waals surface area contributed by atoms with E-state index in [1.54, 1.807) is 59.8 Å². The van der Waals surface area contributed by atoms with Crippen molar-refractivity contribution >= 4 is 34.4 Å². The molecule has 1 saturated heterocycles. The van der Waals surface area contributed by atoms with E-state index in [9.17, 15) is 9.59 Å². The Morgan fingerprint density at radius 2 is 1.50 bits per heavy atom. The van der Waals surface area contributed by atoms with Crippen molar-refractivity contribution in [3.63, 3.8) is 0 Å². The van der Waals surface area contributed by atoms with Gasteiger partial charge in [0.2, 0.25) is 11.9 Å². The molecule has 11 heteroatoms. The molecule has 0 unspecified atom stereocenters. The lowest BCUT2D eigenvalue weighted by atomic mass is 10.0. The molecule has 0 saturated carbocycles. The first-order chi connectivity index (χ1) is 19.5. The quantitative estimate of drug-likeness (QED) is 0.310. The van der Waals surface area contributed by atoms with Crippen LogP contribution in [0.25, 0.3) is 22.0 Å². The molecular weight excluding hydrogens is 530 g/mol. The van der Waals surface area contributed by atoms with Gasteiger partial charge in [0.15, 0.2) is 0 Å². The maximum Gasteiger partial charge on any atom is 0.278 e. The standard InChI is InChI=1S/C29H24ClN7O3/c30-22-5-9-24(10-6-22)40-23-7-2-20(3-8-23)21-4-11-26-25(18-21)28(39)37(34-33-26)19-27(38)35-14-16-36(17-15-35)29-31-12-1-13-32-29/h1-13,18H,14-17,19H2. The lowest BCUT2D eigenvalue weighted by molar-refractivity contribution is -0.132. The predicted octanol–water partition coefficient (Wildman–Crippen LogP) is 4.04. The number of halogens is 1. The summed E-state index contributed by atoms with van der Waals surface area (Å²) in [6.07, 6.45) is 3.39. The first-order valence-corrected chi connectivity index (χ1v) is 13.1. The molecule has 6 rings (SSSR count). The van der Waals surface area contributed by atoms with Crippen LogP contribution >= 0.6 is 11.6 Å². The van der Waals surface area contributed by atoms with E-state index < -0.39 is 0 Å². The molecule has 2 aromatic heterocycles. The predicted molar refractivity (Wildman–Crippen MR) is 152 cm³/mol. The molecule has 1 fully saturated rings. The summed E-state index contributed by atoms with van der Waals surface area (Å²) in [6.45, 7) is 2.07. The van der Waals surface area contributed by atoms with Crippen LogP contribution in [0.2, 0.25) is 5.02 Å². The summed E-state index contributed by atoms with van der Waals surface area (Å²) in [7, 11) is 0. The van der Waals surface area contributed by atoms with Crippen molar-refractivity contribution in [3.8, 4) is 22.6 Å². The van der Waals surface area contributed by atoms with Gasteiger partial charge in [-0.05, 0) is 65.7 Å². The Balaban J connectivity index is 1.15. The zero-order valence-corrected chi connectivity index (χ0v) is 22.1. The molecule has 200 valence electrons. The Bertz CT molecular complexity index is 1700. The van der Waals surface area contributed by atoms with Crippen LogP contribution in [0.4, 0.5) is 5.95 Å². The van der Waals surface area contributed by atoms with Gasteiger partial charge in [-0.3, -0.25) is 9.59 Å². The summed E-state index contributed by atoms with van der Waals surface area (Å²) in [6, 6.07) is 21.9. The van der Waals surface area contributed by atoms with Crippen molar-refractivity contribution in [2.75, 3.05) is 31.1 Å². The van der Waals surface area contributed by atoms with Gasteiger partial charge in [-0.15, -0.1) is 5.10 Å². The number of piperazine rings is 1. The zero-order chi connectivity index (χ0) is 27.5. The van der Waals surface area contributed by atoms with Crippen LogP contribution in [0.1, 0.15) is 0 Å². The van der Waals surface area contributed by atoms with E-state index in [0.29, 0.717) is 59.6 Å². The first-order valence-electron chi connectivity index (χ1n) is 12.7. The van der Waals surface area contributed by atoms with Gasteiger partial charge in [-0.2, -0.15) is 0 Å². The second kappa shape index (κ2) is 11.1. The van der Waals surface area contributed by atoms with E-state index in [0.717, 1.165) is 15.8 Å². The SMILES string of the molecule is O=C(Cn1nnc2ccc(-c3ccc(Oc4ccc(Cl)cc4)cc3)cc2c1=O)N1CCN(c2ncccn2)CC1. The summed E-state index contributed by atoms with van der Waals surface area (Å²) < 4.78 is 7.00. The number of anilines is 1. The van der Waals surface area contributed by atoms with Crippen LogP contribution in [0.3, 0.4) is 0 Å². The zero-order valence-electron chi connectivity index (χ0n) is 21.4. The van der Waals surface area contributed by atoms with Crippen molar-refractivity contribution in [1.29, 1.82) is 0 Å². The maximum atomic E-state index is 13.3.